The third kappa shape index (κ3) is 10.3. The molecule has 388 valence electrons. The standard InChI is InChI=1S/C46H63N3O20S/c1-18-25(47-19(2)51)14-24-23(31(18)55)12-11-21-13-22(9-7-5-6-8-10-29(53)54)46(43(65)45(21,24)4)40(63)28(68-44(46)66)17-70-16-26(48-20(3)52)41(64)49-30-33(57)32(56)27(15-50)67-42(30)69-39-37(61)35(59)34(58)36(60)38(39)62/h5-12,18,21-28,30-39,42,50,55-62H,13-17H2,1-4H3,(H,47,51)(H,48,52)(H,49,64)(H,53,54)/b6-5-,9-7-,10-8-/t18-,21-,22+,23+,24-,25+,26+,27-,28+,30+,31+,32+,33+,34?,35-,36+,37+,38+,39?,42+,45-,46-/m0/s1. The lowest BCUT2D eigenvalue weighted by Gasteiger charge is -2.58. The maximum absolute atomic E-state index is 15.5. The van der Waals surface area contributed by atoms with Crippen LogP contribution in [-0.2, 0) is 47.8 Å². The average Bonchev–Trinajstić information content (AvgIpc) is 3.55. The molecule has 22 atom stereocenters. The molecule has 0 aromatic rings. The number of carbonyl (C=O) groups excluding carboxylic acids is 6. The summed E-state index contributed by atoms with van der Waals surface area (Å²) in [6.45, 7) is 4.96. The fraction of sp³-hybridized carbons (Fsp3) is 0.674. The highest BCUT2D eigenvalue weighted by molar-refractivity contribution is 7.99. The number of nitrogens with one attached hydrogen (secondary N) is 3. The molecular weight excluding hydrogens is 947 g/mol. The highest BCUT2D eigenvalue weighted by atomic mass is 32.2. The molecule has 13 N–H and O–H groups in total. The van der Waals surface area contributed by atoms with Crippen LogP contribution in [0.15, 0.2) is 48.6 Å². The van der Waals surface area contributed by atoms with E-state index in [2.05, 4.69) is 16.0 Å². The van der Waals surface area contributed by atoms with Crippen molar-refractivity contribution in [2.24, 2.45) is 40.4 Å². The Morgan fingerprint density at radius 1 is 0.843 bits per heavy atom. The van der Waals surface area contributed by atoms with Crippen LogP contribution < -0.4 is 16.0 Å². The Morgan fingerprint density at radius 3 is 2.10 bits per heavy atom. The summed E-state index contributed by atoms with van der Waals surface area (Å²) < 4.78 is 17.0. The topological polar surface area (TPSA) is 386 Å². The molecule has 6 aliphatic rings. The number of aliphatic hydroxyl groups is 9. The number of thioether (sulfide) groups is 1. The van der Waals surface area contributed by atoms with Crippen LogP contribution in [0.25, 0.3) is 0 Å². The highest BCUT2D eigenvalue weighted by Gasteiger charge is 2.74. The van der Waals surface area contributed by atoms with Crippen LogP contribution in [0.4, 0.5) is 0 Å². The lowest BCUT2D eigenvalue weighted by Crippen LogP contribution is -2.69. The molecular formula is C46H63N3O20S. The molecule has 0 bridgehead atoms. The van der Waals surface area contributed by atoms with Crippen molar-refractivity contribution in [2.45, 2.75) is 132 Å². The van der Waals surface area contributed by atoms with E-state index < -0.39 is 174 Å². The smallest absolute Gasteiger partial charge is 0.328 e. The normalized spacial score (nSPS) is 43.2. The van der Waals surface area contributed by atoms with E-state index in [1.807, 2.05) is 12.2 Å². The monoisotopic (exact) mass is 1010 g/mol. The molecule has 5 fully saturated rings. The minimum atomic E-state index is -2.40. The summed E-state index contributed by atoms with van der Waals surface area (Å²) in [6, 6.07) is -3.85. The number of rotatable bonds is 15. The van der Waals surface area contributed by atoms with Gasteiger partial charge in [0.25, 0.3) is 0 Å². The van der Waals surface area contributed by atoms with Gasteiger partial charge in [0.15, 0.2) is 29.4 Å². The van der Waals surface area contributed by atoms with E-state index in [4.69, 9.17) is 19.3 Å². The molecule has 2 saturated heterocycles. The predicted molar refractivity (Wildman–Crippen MR) is 240 cm³/mol. The molecule has 70 heavy (non-hydrogen) atoms. The van der Waals surface area contributed by atoms with Crippen LogP contribution >= 0.6 is 11.8 Å². The van der Waals surface area contributed by atoms with E-state index >= 15 is 4.79 Å². The van der Waals surface area contributed by atoms with Gasteiger partial charge in [-0.1, -0.05) is 56.4 Å². The molecule has 3 amide bonds. The first-order valence-corrected chi connectivity index (χ1v) is 24.1. The van der Waals surface area contributed by atoms with Crippen molar-refractivity contribution in [3.8, 4) is 0 Å². The van der Waals surface area contributed by atoms with E-state index in [-0.39, 0.29) is 30.3 Å². The van der Waals surface area contributed by atoms with E-state index in [0.29, 0.717) is 0 Å². The number of hydrogen-bond donors (Lipinski definition) is 13. The van der Waals surface area contributed by atoms with Gasteiger partial charge in [-0.25, -0.2) is 4.79 Å². The number of cyclic esters (lactones) is 1. The van der Waals surface area contributed by atoms with E-state index in [9.17, 15) is 74.7 Å². The number of amides is 3. The van der Waals surface area contributed by atoms with Crippen LogP contribution in [0.5, 0.6) is 0 Å². The van der Waals surface area contributed by atoms with Crippen molar-refractivity contribution in [3.05, 3.63) is 48.6 Å². The Morgan fingerprint density at radius 2 is 1.49 bits per heavy atom. The minimum absolute atomic E-state index is 0.0934. The molecule has 0 radical (unpaired) electrons. The van der Waals surface area contributed by atoms with Gasteiger partial charge < -0.3 is 81.2 Å². The van der Waals surface area contributed by atoms with Crippen molar-refractivity contribution >= 4 is 53.0 Å². The van der Waals surface area contributed by atoms with Crippen molar-refractivity contribution < 1.29 is 98.8 Å². The lowest BCUT2D eigenvalue weighted by molar-refractivity contribution is -0.319. The van der Waals surface area contributed by atoms with Gasteiger partial charge in [-0.2, -0.15) is 11.8 Å². The van der Waals surface area contributed by atoms with Crippen molar-refractivity contribution in [2.75, 3.05) is 18.1 Å². The maximum Gasteiger partial charge on any atom is 0.328 e. The van der Waals surface area contributed by atoms with E-state index in [1.165, 1.54) is 37.3 Å². The zero-order valence-electron chi connectivity index (χ0n) is 38.7. The number of carbonyl (C=O) groups is 7. The van der Waals surface area contributed by atoms with Crippen LogP contribution in [0.1, 0.15) is 40.5 Å². The maximum atomic E-state index is 15.5. The molecule has 4 aliphatic carbocycles. The Bertz CT molecular complexity index is 2120. The molecule has 1 spiro atoms. The molecule has 3 saturated carbocycles. The minimum Gasteiger partial charge on any atom is -0.478 e. The number of ketones is 2. The predicted octanol–water partition coefficient (Wildman–Crippen LogP) is -4.50. The highest BCUT2D eigenvalue weighted by Crippen LogP contribution is 2.62. The molecule has 2 unspecified atom stereocenters. The van der Waals surface area contributed by atoms with Crippen molar-refractivity contribution in [1.29, 1.82) is 0 Å². The van der Waals surface area contributed by atoms with Crippen LogP contribution in [0.2, 0.25) is 0 Å². The van der Waals surface area contributed by atoms with Crippen molar-refractivity contribution in [1.82, 2.24) is 16.0 Å². The number of ether oxygens (including phenoxy) is 3. The molecule has 24 heteroatoms. The third-order valence-corrected chi connectivity index (χ3v) is 16.0. The number of fused-ring (bicyclic) bond motifs is 3. The van der Waals surface area contributed by atoms with E-state index in [0.717, 1.165) is 24.8 Å². The number of Topliss-reactive ketones (excluding diaryl/α,β-unsaturated/α-hetero) is 2. The fourth-order valence-electron chi connectivity index (χ4n) is 11.1. The first-order valence-electron chi connectivity index (χ1n) is 22.9. The number of carboxylic acid groups (broad SMARTS) is 1. The van der Waals surface area contributed by atoms with Gasteiger partial charge >= 0.3 is 11.9 Å². The summed E-state index contributed by atoms with van der Waals surface area (Å²) in [4.78, 5) is 94.5. The van der Waals surface area contributed by atoms with Gasteiger partial charge in [0.2, 0.25) is 17.7 Å². The fourth-order valence-corrected chi connectivity index (χ4v) is 12.1. The van der Waals surface area contributed by atoms with Gasteiger partial charge in [-0.15, -0.1) is 0 Å². The SMILES string of the molecule is CC(=O)N[C@H](CSC[C@H]1OC(=O)[C@@]2(C1=O)C(=O)[C@@]1(C)[C@@H](C=C[C@H]3[C@H](O)[C@@H](C)[C@H](NC(C)=O)C[C@@H]31)C[C@H]2\C=C/C=C\C=C/C(=O)O)C(=O)N[C@H]1[C@@H](OC2[C@H](O)[C@H](O)C(O)[C@H](O)[C@H]2O)O[C@@H](CO)[C@@H](O)[C@@H]1O. The Balaban J connectivity index is 1.24. The summed E-state index contributed by atoms with van der Waals surface area (Å²) >= 11 is 0.851. The molecule has 2 aliphatic heterocycles. The molecule has 0 aromatic carbocycles. The summed E-state index contributed by atoms with van der Waals surface area (Å²) in [5, 5.41) is 112. The zero-order valence-corrected chi connectivity index (χ0v) is 39.5. The van der Waals surface area contributed by atoms with Crippen LogP contribution in [0.3, 0.4) is 0 Å². The largest absolute Gasteiger partial charge is 0.478 e. The second kappa shape index (κ2) is 22.1. The summed E-state index contributed by atoms with van der Waals surface area (Å²) in [5.41, 5.74) is -3.83. The average molecular weight is 1010 g/mol. The Labute approximate surface area is 406 Å². The summed E-state index contributed by atoms with van der Waals surface area (Å²) in [5.74, 6) is -9.99. The number of esters is 1. The Kier molecular flexibility index (Phi) is 17.4. The molecule has 0 aromatic heterocycles. The summed E-state index contributed by atoms with van der Waals surface area (Å²) in [7, 11) is 0. The van der Waals surface area contributed by atoms with Gasteiger partial charge in [0.05, 0.1) is 12.7 Å². The van der Waals surface area contributed by atoms with Crippen LogP contribution in [0, 0.1) is 40.4 Å². The van der Waals surface area contributed by atoms with Gasteiger partial charge in [-0.05, 0) is 24.7 Å². The second-order valence-electron chi connectivity index (χ2n) is 19.1. The zero-order chi connectivity index (χ0) is 51.7. The molecule has 23 nitrogen and oxygen atoms in total. The van der Waals surface area contributed by atoms with E-state index in [1.54, 1.807) is 13.8 Å². The molecule has 2 heterocycles. The van der Waals surface area contributed by atoms with Gasteiger partial charge in [-0.3, -0.25) is 28.8 Å². The quantitative estimate of drug-likeness (QED) is 0.0242. The van der Waals surface area contributed by atoms with Crippen LogP contribution in [-0.4, -0.2) is 202 Å². The molecule has 6 rings (SSSR count). The van der Waals surface area contributed by atoms with Gasteiger partial charge in [0.1, 0.15) is 67.0 Å². The number of hydrogen-bond acceptors (Lipinski definition) is 20. The summed E-state index contributed by atoms with van der Waals surface area (Å²) in [6.07, 6.45) is -10.1. The first-order chi connectivity index (χ1) is 32.9. The van der Waals surface area contributed by atoms with Crippen molar-refractivity contribution in [3.63, 3.8) is 0 Å². The second-order valence-corrected chi connectivity index (χ2v) is 20.2. The lowest BCUT2D eigenvalue weighted by atomic mass is 9.43. The first kappa shape index (κ1) is 54.9. The van der Waals surface area contributed by atoms with Gasteiger partial charge in [0, 0.05) is 60.6 Å². The number of carboxylic acids is 1. The number of allylic oxidation sites excluding steroid dienone is 6. The number of aliphatic hydroxyl groups excluding tert-OH is 9. The third-order valence-electron chi connectivity index (χ3n) is 14.9. The number of aliphatic carboxylic acids is 1. The Hall–Kier alpha value is -4.44.